The Morgan fingerprint density at radius 1 is 1.32 bits per heavy atom. The summed E-state index contributed by atoms with van der Waals surface area (Å²) in [5.74, 6) is -0.320. The number of hydrogen-bond donors (Lipinski definition) is 1. The van der Waals surface area contributed by atoms with Crippen LogP contribution in [-0.2, 0) is 12.0 Å². The van der Waals surface area contributed by atoms with Crippen LogP contribution in [0.3, 0.4) is 0 Å². The largest absolute Gasteiger partial charge is 0.361 e. The minimum Gasteiger partial charge on any atom is -0.361 e. The van der Waals surface area contributed by atoms with Gasteiger partial charge < -0.3 is 5.32 Å². The average molecular weight is 272 g/mol. The number of nitrogens with zero attached hydrogens (tertiary/aromatic N) is 1. The zero-order valence-corrected chi connectivity index (χ0v) is 11.1. The van der Waals surface area contributed by atoms with Crippen LogP contribution >= 0.6 is 11.3 Å². The van der Waals surface area contributed by atoms with Crippen molar-refractivity contribution in [1.29, 1.82) is 5.26 Å². The molecule has 1 aliphatic carbocycles. The number of hydrogen-bond acceptors (Lipinski definition) is 3. The number of anilines is 1. The highest BCUT2D eigenvalue weighted by atomic mass is 32.1. The Morgan fingerprint density at radius 3 is 2.95 bits per heavy atom. The number of nitriles is 1. The van der Waals surface area contributed by atoms with Crippen molar-refractivity contribution in [1.82, 2.24) is 0 Å². The van der Waals surface area contributed by atoms with Gasteiger partial charge in [0.1, 0.15) is 5.82 Å². The minimum atomic E-state index is -0.796. The first-order valence-electron chi connectivity index (χ1n) is 6.26. The lowest BCUT2D eigenvalue weighted by molar-refractivity contribution is 0.505. The van der Waals surface area contributed by atoms with E-state index < -0.39 is 5.54 Å². The number of nitrogens with one attached hydrogen (secondary N) is 1. The molecule has 1 N–H and O–H groups in total. The first-order valence-corrected chi connectivity index (χ1v) is 7.14. The van der Waals surface area contributed by atoms with Crippen LogP contribution in [0.5, 0.6) is 0 Å². The standard InChI is InChI=1S/C15H13FN2S/c16-12-4-1-2-5-13(12)18-15(10-17)8-3-6-14-11(15)7-9-19-14/h1-2,4-5,7,9,18H,3,6,8H2. The topological polar surface area (TPSA) is 35.8 Å². The molecule has 0 spiro atoms. The Bertz CT molecular complexity index is 644. The molecule has 96 valence electrons. The molecule has 1 aromatic carbocycles. The van der Waals surface area contributed by atoms with E-state index in [0.29, 0.717) is 12.1 Å². The Hall–Kier alpha value is -1.86. The zero-order chi connectivity index (χ0) is 13.3. The molecule has 0 saturated heterocycles. The van der Waals surface area contributed by atoms with Crippen molar-refractivity contribution in [3.63, 3.8) is 0 Å². The quantitative estimate of drug-likeness (QED) is 0.895. The first kappa shape index (κ1) is 12.2. The van der Waals surface area contributed by atoms with Crippen molar-refractivity contribution in [2.24, 2.45) is 0 Å². The lowest BCUT2D eigenvalue weighted by Crippen LogP contribution is -2.36. The predicted octanol–water partition coefficient (Wildman–Crippen LogP) is 4.05. The molecule has 19 heavy (non-hydrogen) atoms. The van der Waals surface area contributed by atoms with Gasteiger partial charge in [-0.25, -0.2) is 4.39 Å². The average Bonchev–Trinajstić information content (AvgIpc) is 2.91. The Kier molecular flexibility index (Phi) is 3.00. The molecule has 0 amide bonds. The summed E-state index contributed by atoms with van der Waals surface area (Å²) < 4.78 is 13.8. The number of rotatable bonds is 2. The summed E-state index contributed by atoms with van der Waals surface area (Å²) in [5.41, 5.74) is 0.605. The Labute approximate surface area is 115 Å². The monoisotopic (exact) mass is 272 g/mol. The van der Waals surface area contributed by atoms with E-state index in [9.17, 15) is 9.65 Å². The van der Waals surface area contributed by atoms with Gasteiger partial charge in [0.15, 0.2) is 5.54 Å². The molecule has 0 fully saturated rings. The van der Waals surface area contributed by atoms with E-state index in [-0.39, 0.29) is 5.82 Å². The second kappa shape index (κ2) is 4.67. The Morgan fingerprint density at radius 2 is 2.16 bits per heavy atom. The maximum Gasteiger partial charge on any atom is 0.152 e. The summed E-state index contributed by atoms with van der Waals surface area (Å²) in [6.45, 7) is 0. The predicted molar refractivity (Wildman–Crippen MR) is 74.6 cm³/mol. The molecular formula is C15H13FN2S. The van der Waals surface area contributed by atoms with E-state index in [1.165, 1.54) is 10.9 Å². The van der Waals surface area contributed by atoms with Crippen molar-refractivity contribution in [2.45, 2.75) is 24.8 Å². The van der Waals surface area contributed by atoms with E-state index >= 15 is 0 Å². The summed E-state index contributed by atoms with van der Waals surface area (Å²) in [7, 11) is 0. The second-order valence-corrected chi connectivity index (χ2v) is 5.73. The van der Waals surface area contributed by atoms with Gasteiger partial charge in [-0.2, -0.15) is 5.26 Å². The van der Waals surface area contributed by atoms with Crippen LogP contribution in [0.4, 0.5) is 10.1 Å². The number of para-hydroxylation sites is 1. The fourth-order valence-electron chi connectivity index (χ4n) is 2.63. The van der Waals surface area contributed by atoms with E-state index in [1.807, 2.05) is 11.4 Å². The van der Waals surface area contributed by atoms with Crippen molar-refractivity contribution >= 4 is 17.0 Å². The molecule has 1 atom stereocenters. The minimum absolute atomic E-state index is 0.320. The molecule has 1 aliphatic rings. The van der Waals surface area contributed by atoms with Gasteiger partial charge in [-0.05, 0) is 42.8 Å². The smallest absolute Gasteiger partial charge is 0.152 e. The van der Waals surface area contributed by atoms with Crippen LogP contribution in [0.25, 0.3) is 0 Å². The molecule has 2 aromatic rings. The van der Waals surface area contributed by atoms with E-state index in [1.54, 1.807) is 29.5 Å². The van der Waals surface area contributed by atoms with Crippen LogP contribution in [-0.4, -0.2) is 0 Å². The van der Waals surface area contributed by atoms with Crippen LogP contribution in [0, 0.1) is 17.1 Å². The molecule has 4 heteroatoms. The van der Waals surface area contributed by atoms with Crippen LogP contribution in [0.1, 0.15) is 23.3 Å². The molecule has 1 heterocycles. The highest BCUT2D eigenvalue weighted by Gasteiger charge is 2.38. The van der Waals surface area contributed by atoms with Gasteiger partial charge >= 0.3 is 0 Å². The van der Waals surface area contributed by atoms with Crippen LogP contribution in [0.2, 0.25) is 0 Å². The maximum absolute atomic E-state index is 13.8. The Balaban J connectivity index is 2.03. The summed E-state index contributed by atoms with van der Waals surface area (Å²) >= 11 is 1.67. The van der Waals surface area contributed by atoms with Crippen molar-refractivity contribution in [3.8, 4) is 6.07 Å². The highest BCUT2D eigenvalue weighted by Crippen LogP contribution is 2.40. The van der Waals surface area contributed by atoms with E-state index in [0.717, 1.165) is 18.4 Å². The van der Waals surface area contributed by atoms with E-state index in [4.69, 9.17) is 0 Å². The lowest BCUT2D eigenvalue weighted by Gasteiger charge is -2.33. The van der Waals surface area contributed by atoms with Gasteiger partial charge in [0, 0.05) is 10.4 Å². The van der Waals surface area contributed by atoms with Gasteiger partial charge in [-0.1, -0.05) is 12.1 Å². The molecule has 0 radical (unpaired) electrons. The van der Waals surface area contributed by atoms with Gasteiger partial charge in [0.2, 0.25) is 0 Å². The first-order chi connectivity index (χ1) is 9.25. The van der Waals surface area contributed by atoms with Gasteiger partial charge in [0.05, 0.1) is 11.8 Å². The van der Waals surface area contributed by atoms with Crippen LogP contribution < -0.4 is 5.32 Å². The molecule has 0 bridgehead atoms. The maximum atomic E-state index is 13.8. The van der Waals surface area contributed by atoms with Crippen molar-refractivity contribution in [3.05, 3.63) is 52.0 Å². The van der Waals surface area contributed by atoms with E-state index in [2.05, 4.69) is 11.4 Å². The number of fused-ring (bicyclic) bond motifs is 1. The lowest BCUT2D eigenvalue weighted by atomic mass is 9.81. The number of aryl methyl sites for hydroxylation is 1. The number of thiophene rings is 1. The molecule has 0 saturated carbocycles. The zero-order valence-electron chi connectivity index (χ0n) is 10.3. The third-order valence-corrected chi connectivity index (χ3v) is 4.55. The molecule has 1 unspecified atom stereocenters. The summed E-state index contributed by atoms with van der Waals surface area (Å²) in [5, 5.41) is 14.8. The summed E-state index contributed by atoms with van der Waals surface area (Å²) in [6.07, 6.45) is 2.67. The fraction of sp³-hybridized carbons (Fsp3) is 0.267. The second-order valence-electron chi connectivity index (χ2n) is 4.73. The SMILES string of the molecule is N#CC1(Nc2ccccc2F)CCCc2sccc21. The van der Waals surface area contributed by atoms with Crippen molar-refractivity contribution in [2.75, 3.05) is 5.32 Å². The fourth-order valence-corrected chi connectivity index (χ4v) is 3.63. The van der Waals surface area contributed by atoms with Gasteiger partial charge in [-0.3, -0.25) is 0 Å². The third kappa shape index (κ3) is 2.00. The third-order valence-electron chi connectivity index (χ3n) is 3.57. The van der Waals surface area contributed by atoms with Crippen LogP contribution in [0.15, 0.2) is 35.7 Å². The molecule has 3 rings (SSSR count). The molecule has 2 nitrogen and oxygen atoms in total. The van der Waals surface area contributed by atoms with Gasteiger partial charge in [0.25, 0.3) is 0 Å². The normalized spacial score (nSPS) is 21.5. The highest BCUT2D eigenvalue weighted by molar-refractivity contribution is 7.10. The summed E-state index contributed by atoms with van der Waals surface area (Å²) in [4.78, 5) is 1.23. The number of halogens is 1. The van der Waals surface area contributed by atoms with Gasteiger partial charge in [-0.15, -0.1) is 11.3 Å². The summed E-state index contributed by atoms with van der Waals surface area (Å²) in [6, 6.07) is 10.9. The number of benzene rings is 1. The van der Waals surface area contributed by atoms with Crippen molar-refractivity contribution < 1.29 is 4.39 Å². The molecular weight excluding hydrogens is 259 g/mol. The molecule has 0 aliphatic heterocycles. The molecule has 1 aromatic heterocycles.